The van der Waals surface area contributed by atoms with Crippen LogP contribution in [0.15, 0.2) is 43.0 Å². The summed E-state index contributed by atoms with van der Waals surface area (Å²) < 4.78 is 22.1. The van der Waals surface area contributed by atoms with E-state index in [2.05, 4.69) is 22.5 Å². The number of ether oxygens (including phenoxy) is 2. The predicted octanol–water partition coefficient (Wildman–Crippen LogP) is 1.22. The molecule has 0 spiro atoms. The summed E-state index contributed by atoms with van der Waals surface area (Å²) in [6.45, 7) is 9.93. The highest BCUT2D eigenvalue weighted by molar-refractivity contribution is 7.84. The van der Waals surface area contributed by atoms with E-state index in [0.717, 1.165) is 5.56 Å². The highest BCUT2D eigenvalue weighted by Crippen LogP contribution is 2.09. The van der Waals surface area contributed by atoms with Crippen molar-refractivity contribution >= 4 is 34.7 Å². The van der Waals surface area contributed by atoms with Gasteiger partial charge in [0.05, 0.1) is 5.75 Å². The molecule has 0 saturated carbocycles. The number of nitrogens with one attached hydrogen (secondary N) is 3. The van der Waals surface area contributed by atoms with Crippen LogP contribution >= 0.6 is 0 Å². The Kier molecular flexibility index (Phi) is 12.1. The molecule has 0 aliphatic carbocycles. The van der Waals surface area contributed by atoms with Gasteiger partial charge >= 0.3 is 12.1 Å². The first-order chi connectivity index (χ1) is 16.3. The van der Waals surface area contributed by atoms with Crippen molar-refractivity contribution in [2.45, 2.75) is 57.8 Å². The van der Waals surface area contributed by atoms with E-state index >= 15 is 0 Å². The number of hydrogen-bond donors (Lipinski definition) is 3. The van der Waals surface area contributed by atoms with Gasteiger partial charge in [-0.15, -0.1) is 0 Å². The van der Waals surface area contributed by atoms with Crippen LogP contribution in [0.4, 0.5) is 4.79 Å². The molecule has 10 nitrogen and oxygen atoms in total. The van der Waals surface area contributed by atoms with E-state index in [9.17, 15) is 23.4 Å². The van der Waals surface area contributed by atoms with E-state index in [1.165, 1.54) is 19.3 Å². The van der Waals surface area contributed by atoms with E-state index in [4.69, 9.17) is 9.47 Å². The zero-order valence-corrected chi connectivity index (χ0v) is 21.6. The molecule has 0 aliphatic heterocycles. The Morgan fingerprint density at radius 2 is 1.63 bits per heavy atom. The molecule has 0 saturated heterocycles. The molecule has 0 heterocycles. The first-order valence-electron chi connectivity index (χ1n) is 11.0. The van der Waals surface area contributed by atoms with E-state index in [0.29, 0.717) is 0 Å². The van der Waals surface area contributed by atoms with Crippen LogP contribution in [0, 0.1) is 0 Å². The Morgan fingerprint density at radius 3 is 2.17 bits per heavy atom. The van der Waals surface area contributed by atoms with Crippen LogP contribution in [0.2, 0.25) is 0 Å². The molecule has 194 valence electrons. The van der Waals surface area contributed by atoms with Crippen LogP contribution in [-0.4, -0.2) is 70.4 Å². The van der Waals surface area contributed by atoms with Crippen molar-refractivity contribution in [1.82, 2.24) is 16.0 Å². The summed E-state index contributed by atoms with van der Waals surface area (Å²) in [5.74, 6) is -2.27. The number of hydrogen-bond acceptors (Lipinski definition) is 7. The second-order valence-corrected chi connectivity index (χ2v) is 10.3. The molecule has 0 aliphatic rings. The topological polar surface area (TPSA) is 140 Å². The Morgan fingerprint density at radius 1 is 1.03 bits per heavy atom. The minimum atomic E-state index is -1.46. The third-order valence-electron chi connectivity index (χ3n) is 4.38. The maximum atomic E-state index is 13.1. The van der Waals surface area contributed by atoms with Crippen molar-refractivity contribution in [2.75, 3.05) is 18.6 Å². The summed E-state index contributed by atoms with van der Waals surface area (Å²) in [4.78, 5) is 50.3. The molecule has 4 atom stereocenters. The summed E-state index contributed by atoms with van der Waals surface area (Å²) in [5.41, 5.74) is -0.0159. The quantitative estimate of drug-likeness (QED) is 0.284. The molecule has 35 heavy (non-hydrogen) atoms. The Balaban J connectivity index is 3.02. The number of amides is 3. The number of rotatable bonds is 12. The van der Waals surface area contributed by atoms with Crippen LogP contribution < -0.4 is 16.0 Å². The Bertz CT molecular complexity index is 915. The van der Waals surface area contributed by atoms with Crippen LogP contribution in [0.25, 0.3) is 0 Å². The molecular weight excluding hydrogens is 474 g/mol. The molecule has 0 fully saturated rings. The molecular formula is C24H35N3O7S. The molecule has 1 aromatic rings. The zero-order valence-electron chi connectivity index (χ0n) is 20.8. The Labute approximate surface area is 208 Å². The summed E-state index contributed by atoms with van der Waals surface area (Å²) >= 11 is 0. The largest absolute Gasteiger partial charge is 0.460 e. The van der Waals surface area contributed by atoms with Gasteiger partial charge in [-0.3, -0.25) is 13.8 Å². The maximum Gasteiger partial charge on any atom is 0.408 e. The fourth-order valence-electron chi connectivity index (χ4n) is 2.84. The molecule has 1 aromatic carbocycles. The first-order valence-corrected chi connectivity index (χ1v) is 12.8. The number of carbonyl (C=O) groups is 4. The molecule has 3 N–H and O–H groups in total. The van der Waals surface area contributed by atoms with Gasteiger partial charge < -0.3 is 25.4 Å². The van der Waals surface area contributed by atoms with Gasteiger partial charge in [0.1, 0.15) is 30.3 Å². The van der Waals surface area contributed by atoms with Crippen molar-refractivity contribution < 1.29 is 32.9 Å². The normalized spacial score (nSPS) is 14.4. The van der Waals surface area contributed by atoms with Gasteiger partial charge in [0.25, 0.3) is 0 Å². The number of carbonyl (C=O) groups excluding carboxylic acids is 4. The highest BCUT2D eigenvalue weighted by Gasteiger charge is 2.30. The van der Waals surface area contributed by atoms with Crippen LogP contribution in [-0.2, 0) is 41.1 Å². The fraction of sp³-hybridized carbons (Fsp3) is 0.500. The smallest absolute Gasteiger partial charge is 0.408 e. The van der Waals surface area contributed by atoms with Crippen molar-refractivity contribution in [3.05, 3.63) is 48.6 Å². The van der Waals surface area contributed by atoms with Crippen LogP contribution in [0.1, 0.15) is 33.3 Å². The molecule has 11 heteroatoms. The lowest BCUT2D eigenvalue weighted by atomic mass is 10.0. The third-order valence-corrected chi connectivity index (χ3v) is 5.18. The SMILES string of the molecule is C=CCOC(=O)[C@H](C)NC(=O)[C@H](CS(C)=O)NC(=O)[C@H](Cc1ccccc1)NC(=O)OC(C)(C)C. The van der Waals surface area contributed by atoms with Gasteiger partial charge in [-0.05, 0) is 33.3 Å². The van der Waals surface area contributed by atoms with Gasteiger partial charge in [-0.2, -0.15) is 0 Å². The Hall–Kier alpha value is -3.21. The van der Waals surface area contributed by atoms with E-state index in [-0.39, 0.29) is 18.8 Å². The van der Waals surface area contributed by atoms with E-state index in [1.807, 2.05) is 6.07 Å². The molecule has 3 amide bonds. The number of alkyl carbamates (subject to hydrolysis) is 1. The summed E-state index contributed by atoms with van der Waals surface area (Å²) in [6.07, 6.45) is 2.10. The minimum absolute atomic E-state index is 0.0182. The van der Waals surface area contributed by atoms with Crippen molar-refractivity contribution in [3.63, 3.8) is 0 Å². The van der Waals surface area contributed by atoms with Crippen LogP contribution in [0.5, 0.6) is 0 Å². The second kappa shape index (κ2) is 14.2. The monoisotopic (exact) mass is 509 g/mol. The van der Waals surface area contributed by atoms with Gasteiger partial charge in [0.2, 0.25) is 11.8 Å². The molecule has 0 aromatic heterocycles. The number of esters is 1. The van der Waals surface area contributed by atoms with Crippen molar-refractivity contribution in [3.8, 4) is 0 Å². The average Bonchev–Trinajstić information content (AvgIpc) is 2.75. The maximum absolute atomic E-state index is 13.1. The van der Waals surface area contributed by atoms with Crippen molar-refractivity contribution in [2.24, 2.45) is 0 Å². The van der Waals surface area contributed by atoms with E-state index < -0.39 is 58.4 Å². The molecule has 0 radical (unpaired) electrons. The summed E-state index contributed by atoms with van der Waals surface area (Å²) in [6, 6.07) is 5.68. The molecule has 1 unspecified atom stereocenters. The average molecular weight is 510 g/mol. The summed E-state index contributed by atoms with van der Waals surface area (Å²) in [5, 5.41) is 7.53. The van der Waals surface area contributed by atoms with Gasteiger partial charge in [-0.25, -0.2) is 9.59 Å². The zero-order chi connectivity index (χ0) is 26.6. The second-order valence-electron chi connectivity index (χ2n) is 8.84. The first kappa shape index (κ1) is 29.8. The highest BCUT2D eigenvalue weighted by atomic mass is 32.2. The lowest BCUT2D eigenvalue weighted by Gasteiger charge is -2.25. The van der Waals surface area contributed by atoms with Crippen molar-refractivity contribution in [1.29, 1.82) is 0 Å². The standard InChI is InChI=1S/C24H35N3O7S/c1-7-13-33-22(30)16(2)25-21(29)19(15-35(6)32)26-20(28)18(14-17-11-9-8-10-12-17)27-23(31)34-24(3,4)5/h7-12,16,18-19H,1,13-15H2,2-6H3,(H,25,29)(H,26,28)(H,27,31)/t16-,18-,19-,35?/m0/s1. The minimum Gasteiger partial charge on any atom is -0.460 e. The van der Waals surface area contributed by atoms with Gasteiger partial charge in [0.15, 0.2) is 0 Å². The number of benzene rings is 1. The predicted molar refractivity (Wildman–Crippen MR) is 133 cm³/mol. The summed E-state index contributed by atoms with van der Waals surface area (Å²) in [7, 11) is -1.46. The lowest BCUT2D eigenvalue weighted by Crippen LogP contribution is -2.57. The fourth-order valence-corrected chi connectivity index (χ4v) is 3.54. The third kappa shape index (κ3) is 12.2. The molecule has 0 bridgehead atoms. The van der Waals surface area contributed by atoms with Crippen LogP contribution in [0.3, 0.4) is 0 Å². The lowest BCUT2D eigenvalue weighted by molar-refractivity contribution is -0.146. The van der Waals surface area contributed by atoms with Gasteiger partial charge in [0, 0.05) is 23.5 Å². The van der Waals surface area contributed by atoms with E-state index in [1.54, 1.807) is 45.0 Å². The van der Waals surface area contributed by atoms with Gasteiger partial charge in [-0.1, -0.05) is 43.0 Å². The molecule has 1 rings (SSSR count).